The molecule has 3 nitrogen and oxygen atoms in total. The standard InChI is InChI=1S/C15H22ClN3.HI/c1-3-17-14(18-4-2)19-11-15(8-9-15)12-6-5-7-13(16)10-12;/h5-7,10H,3-4,8-9,11H2,1-2H3,(H2,17,18,19);1H. The molecule has 20 heavy (non-hydrogen) atoms. The number of nitrogens with zero attached hydrogens (tertiary/aromatic N) is 1. The fourth-order valence-corrected chi connectivity index (χ4v) is 2.44. The maximum atomic E-state index is 6.08. The summed E-state index contributed by atoms with van der Waals surface area (Å²) in [6.07, 6.45) is 2.39. The van der Waals surface area contributed by atoms with E-state index in [0.717, 1.165) is 30.6 Å². The SMILES string of the molecule is CCNC(=NCC1(c2cccc(Cl)c2)CC1)NCC.I. The van der Waals surface area contributed by atoms with Crippen molar-refractivity contribution in [2.45, 2.75) is 32.1 Å². The van der Waals surface area contributed by atoms with E-state index in [1.165, 1.54) is 18.4 Å². The second-order valence-corrected chi connectivity index (χ2v) is 5.45. The van der Waals surface area contributed by atoms with Crippen LogP contribution in [0, 0.1) is 0 Å². The van der Waals surface area contributed by atoms with Gasteiger partial charge in [-0.2, -0.15) is 0 Å². The second kappa shape index (κ2) is 8.08. The first-order chi connectivity index (χ1) is 9.20. The largest absolute Gasteiger partial charge is 0.357 e. The molecule has 1 aliphatic carbocycles. The maximum Gasteiger partial charge on any atom is 0.191 e. The highest BCUT2D eigenvalue weighted by molar-refractivity contribution is 14.0. The number of benzene rings is 1. The van der Waals surface area contributed by atoms with Crippen LogP contribution >= 0.6 is 35.6 Å². The number of aliphatic imine (C=N–C) groups is 1. The topological polar surface area (TPSA) is 36.4 Å². The minimum absolute atomic E-state index is 0. The molecule has 0 spiro atoms. The van der Waals surface area contributed by atoms with Crippen molar-refractivity contribution in [1.82, 2.24) is 10.6 Å². The van der Waals surface area contributed by atoms with Gasteiger partial charge in [-0.05, 0) is 44.4 Å². The van der Waals surface area contributed by atoms with Crippen molar-refractivity contribution in [1.29, 1.82) is 0 Å². The summed E-state index contributed by atoms with van der Waals surface area (Å²) in [6.45, 7) is 6.75. The molecule has 1 aromatic rings. The Morgan fingerprint density at radius 3 is 2.40 bits per heavy atom. The molecule has 0 aliphatic heterocycles. The molecule has 0 saturated heterocycles. The highest BCUT2D eigenvalue weighted by atomic mass is 127. The van der Waals surface area contributed by atoms with E-state index in [-0.39, 0.29) is 29.4 Å². The summed E-state index contributed by atoms with van der Waals surface area (Å²) in [6, 6.07) is 8.18. The highest BCUT2D eigenvalue weighted by Crippen LogP contribution is 2.48. The van der Waals surface area contributed by atoms with E-state index < -0.39 is 0 Å². The van der Waals surface area contributed by atoms with Gasteiger partial charge in [-0.1, -0.05) is 23.7 Å². The van der Waals surface area contributed by atoms with Crippen LogP contribution in [-0.4, -0.2) is 25.6 Å². The van der Waals surface area contributed by atoms with E-state index in [0.29, 0.717) is 0 Å². The van der Waals surface area contributed by atoms with E-state index in [4.69, 9.17) is 16.6 Å². The molecule has 1 aromatic carbocycles. The number of hydrogen-bond acceptors (Lipinski definition) is 1. The number of guanidine groups is 1. The second-order valence-electron chi connectivity index (χ2n) is 5.02. The van der Waals surface area contributed by atoms with Crippen LogP contribution in [0.25, 0.3) is 0 Å². The molecule has 112 valence electrons. The van der Waals surface area contributed by atoms with Crippen LogP contribution in [0.5, 0.6) is 0 Å². The lowest BCUT2D eigenvalue weighted by Crippen LogP contribution is -2.37. The van der Waals surface area contributed by atoms with Crippen LogP contribution in [0.3, 0.4) is 0 Å². The molecule has 1 aliphatic rings. The molecular weight excluding hydrogens is 385 g/mol. The zero-order valence-corrected chi connectivity index (χ0v) is 15.2. The van der Waals surface area contributed by atoms with Gasteiger partial charge in [0.05, 0.1) is 6.54 Å². The Labute approximate surface area is 143 Å². The number of nitrogens with one attached hydrogen (secondary N) is 2. The van der Waals surface area contributed by atoms with Gasteiger partial charge in [0.1, 0.15) is 0 Å². The number of rotatable bonds is 5. The Hall–Kier alpha value is -0.490. The fourth-order valence-electron chi connectivity index (χ4n) is 2.25. The molecule has 0 bridgehead atoms. The van der Waals surface area contributed by atoms with Gasteiger partial charge < -0.3 is 10.6 Å². The molecule has 0 amide bonds. The summed E-state index contributed by atoms with van der Waals surface area (Å²) in [5, 5.41) is 7.33. The third-order valence-corrected chi connectivity index (χ3v) is 3.75. The normalized spacial score (nSPS) is 14.9. The van der Waals surface area contributed by atoms with Gasteiger partial charge in [-0.25, -0.2) is 0 Å². The molecule has 0 heterocycles. The van der Waals surface area contributed by atoms with E-state index in [1.54, 1.807) is 0 Å². The molecule has 0 aromatic heterocycles. The fraction of sp³-hybridized carbons (Fsp3) is 0.533. The molecule has 5 heteroatoms. The van der Waals surface area contributed by atoms with Crippen LogP contribution in [0.1, 0.15) is 32.3 Å². The smallest absolute Gasteiger partial charge is 0.191 e. The lowest BCUT2D eigenvalue weighted by Gasteiger charge is -2.15. The number of hydrogen-bond donors (Lipinski definition) is 2. The Bertz CT molecular complexity index is 450. The van der Waals surface area contributed by atoms with Crippen LogP contribution in [0.4, 0.5) is 0 Å². The molecule has 1 fully saturated rings. The van der Waals surface area contributed by atoms with Gasteiger partial charge in [0, 0.05) is 23.5 Å². The van der Waals surface area contributed by atoms with E-state index in [9.17, 15) is 0 Å². The quantitative estimate of drug-likeness (QED) is 0.445. The molecule has 0 atom stereocenters. The van der Waals surface area contributed by atoms with Crippen molar-refractivity contribution in [2.75, 3.05) is 19.6 Å². The van der Waals surface area contributed by atoms with Crippen molar-refractivity contribution >= 4 is 41.5 Å². The first kappa shape index (κ1) is 17.6. The van der Waals surface area contributed by atoms with Crippen LogP contribution in [-0.2, 0) is 5.41 Å². The van der Waals surface area contributed by atoms with Crippen molar-refractivity contribution < 1.29 is 0 Å². The molecule has 2 rings (SSSR count). The van der Waals surface area contributed by atoms with Gasteiger partial charge in [0.25, 0.3) is 0 Å². The maximum absolute atomic E-state index is 6.08. The average molecular weight is 408 g/mol. The predicted molar refractivity (Wildman–Crippen MR) is 97.4 cm³/mol. The Morgan fingerprint density at radius 1 is 1.25 bits per heavy atom. The zero-order chi connectivity index (χ0) is 13.7. The minimum Gasteiger partial charge on any atom is -0.357 e. The van der Waals surface area contributed by atoms with E-state index in [1.807, 2.05) is 12.1 Å². The van der Waals surface area contributed by atoms with Gasteiger partial charge in [-0.3, -0.25) is 4.99 Å². The number of halogens is 2. The predicted octanol–water partition coefficient (Wildman–Crippen LogP) is 3.56. The molecule has 0 unspecified atom stereocenters. The lowest BCUT2D eigenvalue weighted by atomic mass is 9.96. The third-order valence-electron chi connectivity index (χ3n) is 3.52. The van der Waals surface area contributed by atoms with E-state index in [2.05, 4.69) is 36.6 Å². The van der Waals surface area contributed by atoms with Crippen LogP contribution in [0.15, 0.2) is 29.3 Å². The highest BCUT2D eigenvalue weighted by Gasteiger charge is 2.44. The Morgan fingerprint density at radius 2 is 1.90 bits per heavy atom. The molecule has 1 saturated carbocycles. The van der Waals surface area contributed by atoms with Gasteiger partial charge in [-0.15, -0.1) is 24.0 Å². The Kier molecular flexibility index (Phi) is 7.09. The summed E-state index contributed by atoms with van der Waals surface area (Å²) in [5.41, 5.74) is 1.53. The first-order valence-electron chi connectivity index (χ1n) is 6.98. The summed E-state index contributed by atoms with van der Waals surface area (Å²) >= 11 is 6.08. The third kappa shape index (κ3) is 4.52. The zero-order valence-electron chi connectivity index (χ0n) is 12.1. The Balaban J connectivity index is 0.00000200. The van der Waals surface area contributed by atoms with Crippen molar-refractivity contribution in [2.24, 2.45) is 4.99 Å². The molecule has 0 radical (unpaired) electrons. The molecular formula is C15H23ClIN3. The van der Waals surface area contributed by atoms with Gasteiger partial charge in [0.15, 0.2) is 5.96 Å². The van der Waals surface area contributed by atoms with Crippen molar-refractivity contribution in [3.63, 3.8) is 0 Å². The molecule has 2 N–H and O–H groups in total. The first-order valence-corrected chi connectivity index (χ1v) is 7.36. The van der Waals surface area contributed by atoms with Crippen molar-refractivity contribution in [3.05, 3.63) is 34.9 Å². The van der Waals surface area contributed by atoms with Crippen LogP contribution < -0.4 is 10.6 Å². The summed E-state index contributed by atoms with van der Waals surface area (Å²) in [4.78, 5) is 4.69. The van der Waals surface area contributed by atoms with Crippen molar-refractivity contribution in [3.8, 4) is 0 Å². The summed E-state index contributed by atoms with van der Waals surface area (Å²) < 4.78 is 0. The monoisotopic (exact) mass is 407 g/mol. The van der Waals surface area contributed by atoms with Crippen LogP contribution in [0.2, 0.25) is 5.02 Å². The van der Waals surface area contributed by atoms with Gasteiger partial charge >= 0.3 is 0 Å². The average Bonchev–Trinajstić information content (AvgIpc) is 3.18. The summed E-state index contributed by atoms with van der Waals surface area (Å²) in [5.74, 6) is 0.901. The van der Waals surface area contributed by atoms with Gasteiger partial charge in [0.2, 0.25) is 0 Å². The minimum atomic E-state index is 0. The van der Waals surface area contributed by atoms with E-state index >= 15 is 0 Å². The summed E-state index contributed by atoms with van der Waals surface area (Å²) in [7, 11) is 0. The lowest BCUT2D eigenvalue weighted by molar-refractivity contribution is 0.694.